The van der Waals surface area contributed by atoms with Gasteiger partial charge in [0, 0.05) is 25.0 Å². The van der Waals surface area contributed by atoms with Gasteiger partial charge in [0.05, 0.1) is 0 Å². The van der Waals surface area contributed by atoms with E-state index >= 15 is 0 Å². The maximum Gasteiger partial charge on any atom is 0.190 e. The fraction of sp³-hybridized carbons (Fsp3) is 0.643. The van der Waals surface area contributed by atoms with Crippen molar-refractivity contribution >= 4 is 41.3 Å². The SMILES string of the molecule is CCCCNC(=NC)NCC(C)Cc1cccs1.I. The largest absolute Gasteiger partial charge is 0.356 e. The first-order valence-corrected chi connectivity index (χ1v) is 7.61. The Bertz CT molecular complexity index is 338. The third-order valence-corrected chi connectivity index (χ3v) is 3.69. The highest BCUT2D eigenvalue weighted by molar-refractivity contribution is 14.0. The molecule has 1 aromatic rings. The topological polar surface area (TPSA) is 36.4 Å². The Morgan fingerprint density at radius 1 is 1.42 bits per heavy atom. The van der Waals surface area contributed by atoms with Crippen LogP contribution in [0.5, 0.6) is 0 Å². The number of hydrogen-bond acceptors (Lipinski definition) is 2. The summed E-state index contributed by atoms with van der Waals surface area (Å²) in [5.74, 6) is 1.54. The molecule has 0 saturated heterocycles. The lowest BCUT2D eigenvalue weighted by atomic mass is 10.1. The van der Waals surface area contributed by atoms with Crippen LogP contribution in [0.15, 0.2) is 22.5 Å². The minimum absolute atomic E-state index is 0. The third kappa shape index (κ3) is 8.47. The van der Waals surface area contributed by atoms with Gasteiger partial charge in [0.15, 0.2) is 5.96 Å². The summed E-state index contributed by atoms with van der Waals surface area (Å²) in [7, 11) is 1.82. The van der Waals surface area contributed by atoms with E-state index in [2.05, 4.69) is 47.0 Å². The van der Waals surface area contributed by atoms with E-state index in [1.807, 2.05) is 18.4 Å². The van der Waals surface area contributed by atoms with Crippen LogP contribution in [0.25, 0.3) is 0 Å². The molecule has 0 saturated carbocycles. The lowest BCUT2D eigenvalue weighted by molar-refractivity contribution is 0.561. The van der Waals surface area contributed by atoms with Crippen LogP contribution in [0.3, 0.4) is 0 Å². The molecule has 0 fully saturated rings. The Hall–Kier alpha value is -0.300. The van der Waals surface area contributed by atoms with E-state index in [0.29, 0.717) is 5.92 Å². The fourth-order valence-electron chi connectivity index (χ4n) is 1.72. The minimum Gasteiger partial charge on any atom is -0.356 e. The van der Waals surface area contributed by atoms with Gasteiger partial charge in [-0.3, -0.25) is 4.99 Å². The van der Waals surface area contributed by atoms with Crippen LogP contribution < -0.4 is 10.6 Å². The zero-order chi connectivity index (χ0) is 13.2. The van der Waals surface area contributed by atoms with Gasteiger partial charge in [-0.15, -0.1) is 35.3 Å². The second kappa shape index (κ2) is 11.5. The van der Waals surface area contributed by atoms with E-state index in [0.717, 1.165) is 25.5 Å². The molecule has 0 aliphatic heterocycles. The molecule has 0 aliphatic carbocycles. The predicted octanol–water partition coefficient (Wildman–Crippen LogP) is 3.51. The van der Waals surface area contributed by atoms with Gasteiger partial charge in [-0.25, -0.2) is 0 Å². The monoisotopic (exact) mass is 395 g/mol. The Morgan fingerprint density at radius 2 is 2.21 bits per heavy atom. The summed E-state index contributed by atoms with van der Waals surface area (Å²) in [6, 6.07) is 4.32. The maximum absolute atomic E-state index is 4.23. The number of thiophene rings is 1. The third-order valence-electron chi connectivity index (χ3n) is 2.79. The van der Waals surface area contributed by atoms with Crippen molar-refractivity contribution in [3.8, 4) is 0 Å². The Balaban J connectivity index is 0.00000324. The number of nitrogens with zero attached hydrogens (tertiary/aromatic N) is 1. The fourth-order valence-corrected chi connectivity index (χ4v) is 2.59. The smallest absolute Gasteiger partial charge is 0.190 e. The molecule has 19 heavy (non-hydrogen) atoms. The first kappa shape index (κ1) is 18.7. The van der Waals surface area contributed by atoms with Crippen molar-refractivity contribution in [2.75, 3.05) is 20.1 Å². The predicted molar refractivity (Wildman–Crippen MR) is 96.9 cm³/mol. The van der Waals surface area contributed by atoms with Crippen molar-refractivity contribution in [3.63, 3.8) is 0 Å². The molecule has 3 nitrogen and oxygen atoms in total. The van der Waals surface area contributed by atoms with Crippen molar-refractivity contribution in [2.24, 2.45) is 10.9 Å². The Kier molecular flexibility index (Phi) is 11.3. The zero-order valence-electron chi connectivity index (χ0n) is 12.1. The molecule has 0 radical (unpaired) electrons. The summed E-state index contributed by atoms with van der Waals surface area (Å²) in [6.07, 6.45) is 3.53. The lowest BCUT2D eigenvalue weighted by Crippen LogP contribution is -2.40. The number of halogens is 1. The van der Waals surface area contributed by atoms with E-state index in [1.165, 1.54) is 17.7 Å². The van der Waals surface area contributed by atoms with Gasteiger partial charge < -0.3 is 10.6 Å². The molecular weight excluding hydrogens is 369 g/mol. The molecule has 0 amide bonds. The summed E-state index contributed by atoms with van der Waals surface area (Å²) in [4.78, 5) is 5.68. The number of nitrogens with one attached hydrogen (secondary N) is 2. The van der Waals surface area contributed by atoms with Crippen molar-refractivity contribution in [1.82, 2.24) is 10.6 Å². The zero-order valence-corrected chi connectivity index (χ0v) is 15.3. The average Bonchev–Trinajstić information content (AvgIpc) is 2.86. The number of hydrogen-bond donors (Lipinski definition) is 2. The van der Waals surface area contributed by atoms with Gasteiger partial charge >= 0.3 is 0 Å². The van der Waals surface area contributed by atoms with E-state index in [1.54, 1.807) is 0 Å². The maximum atomic E-state index is 4.23. The van der Waals surface area contributed by atoms with Crippen LogP contribution in [-0.2, 0) is 6.42 Å². The number of guanidine groups is 1. The van der Waals surface area contributed by atoms with Crippen LogP contribution in [0.4, 0.5) is 0 Å². The van der Waals surface area contributed by atoms with E-state index in [4.69, 9.17) is 0 Å². The molecule has 1 unspecified atom stereocenters. The molecular formula is C14H26IN3S. The first-order valence-electron chi connectivity index (χ1n) is 6.73. The van der Waals surface area contributed by atoms with E-state index in [-0.39, 0.29) is 24.0 Å². The second-order valence-electron chi connectivity index (χ2n) is 4.62. The molecule has 0 aliphatic rings. The minimum atomic E-state index is 0. The molecule has 2 N–H and O–H groups in total. The van der Waals surface area contributed by atoms with Crippen molar-refractivity contribution in [3.05, 3.63) is 22.4 Å². The first-order chi connectivity index (χ1) is 8.76. The van der Waals surface area contributed by atoms with Gasteiger partial charge in [-0.1, -0.05) is 26.3 Å². The number of aliphatic imine (C=N–C) groups is 1. The molecule has 0 aromatic carbocycles. The number of rotatable bonds is 7. The van der Waals surface area contributed by atoms with Crippen molar-refractivity contribution < 1.29 is 0 Å². The highest BCUT2D eigenvalue weighted by atomic mass is 127. The molecule has 1 aromatic heterocycles. The van der Waals surface area contributed by atoms with Crippen LogP contribution in [0.2, 0.25) is 0 Å². The van der Waals surface area contributed by atoms with Gasteiger partial charge in [-0.2, -0.15) is 0 Å². The average molecular weight is 395 g/mol. The quantitative estimate of drug-likeness (QED) is 0.321. The standard InChI is InChI=1S/C14H25N3S.HI/c1-4-5-8-16-14(15-3)17-11-12(2)10-13-7-6-9-18-13;/h6-7,9,12H,4-5,8,10-11H2,1-3H3,(H2,15,16,17);1H. The molecule has 0 bridgehead atoms. The van der Waals surface area contributed by atoms with E-state index in [9.17, 15) is 0 Å². The Morgan fingerprint density at radius 3 is 2.79 bits per heavy atom. The summed E-state index contributed by atoms with van der Waals surface area (Å²) < 4.78 is 0. The second-order valence-corrected chi connectivity index (χ2v) is 5.65. The summed E-state index contributed by atoms with van der Waals surface area (Å²) >= 11 is 1.83. The van der Waals surface area contributed by atoms with E-state index < -0.39 is 0 Å². The summed E-state index contributed by atoms with van der Waals surface area (Å²) in [5.41, 5.74) is 0. The Labute approximate surface area is 138 Å². The van der Waals surface area contributed by atoms with Gasteiger partial charge in [-0.05, 0) is 30.2 Å². The molecule has 1 heterocycles. The van der Waals surface area contributed by atoms with Crippen LogP contribution >= 0.6 is 35.3 Å². The molecule has 0 spiro atoms. The molecule has 1 atom stereocenters. The molecule has 5 heteroatoms. The van der Waals surface area contributed by atoms with Crippen LogP contribution in [0, 0.1) is 5.92 Å². The highest BCUT2D eigenvalue weighted by Gasteiger charge is 2.05. The van der Waals surface area contributed by atoms with Gasteiger partial charge in [0.25, 0.3) is 0 Å². The van der Waals surface area contributed by atoms with Crippen LogP contribution in [-0.4, -0.2) is 26.1 Å². The summed E-state index contributed by atoms with van der Waals surface area (Å²) in [6.45, 7) is 6.42. The van der Waals surface area contributed by atoms with Gasteiger partial charge in [0.2, 0.25) is 0 Å². The van der Waals surface area contributed by atoms with Crippen LogP contribution in [0.1, 0.15) is 31.6 Å². The summed E-state index contributed by atoms with van der Waals surface area (Å²) in [5, 5.41) is 8.85. The normalized spacial score (nSPS) is 12.7. The lowest BCUT2D eigenvalue weighted by Gasteiger charge is -2.15. The molecule has 110 valence electrons. The highest BCUT2D eigenvalue weighted by Crippen LogP contribution is 2.13. The van der Waals surface area contributed by atoms with Crippen molar-refractivity contribution in [1.29, 1.82) is 0 Å². The van der Waals surface area contributed by atoms with Crippen molar-refractivity contribution in [2.45, 2.75) is 33.1 Å². The number of unbranched alkanes of at least 4 members (excludes halogenated alkanes) is 1. The molecule has 1 rings (SSSR count). The van der Waals surface area contributed by atoms with Gasteiger partial charge in [0.1, 0.15) is 0 Å².